The molecule has 0 fully saturated rings. The topological polar surface area (TPSA) is 84.2 Å². The van der Waals surface area contributed by atoms with E-state index in [-0.39, 0.29) is 17.4 Å². The van der Waals surface area contributed by atoms with Gasteiger partial charge < -0.3 is 10.4 Å². The smallest absolute Gasteiger partial charge is 0.313 e. The van der Waals surface area contributed by atoms with Gasteiger partial charge in [0.25, 0.3) is 0 Å². The maximum atomic E-state index is 11.3. The Bertz CT molecular complexity index is 406. The van der Waals surface area contributed by atoms with Crippen molar-refractivity contribution in [2.24, 2.45) is 7.05 Å². The van der Waals surface area contributed by atoms with Crippen molar-refractivity contribution in [3.05, 3.63) is 18.0 Å². The van der Waals surface area contributed by atoms with E-state index in [0.29, 0.717) is 6.54 Å². The van der Waals surface area contributed by atoms with Crippen molar-refractivity contribution in [1.82, 2.24) is 15.1 Å². The van der Waals surface area contributed by atoms with Crippen LogP contribution >= 0.6 is 11.8 Å². The second kappa shape index (κ2) is 7.75. The van der Waals surface area contributed by atoms with Crippen LogP contribution in [0.3, 0.4) is 0 Å². The number of nitrogens with zero attached hydrogens (tertiary/aromatic N) is 2. The molecule has 0 radical (unpaired) electrons. The molecule has 7 heteroatoms. The number of aliphatic carboxylic acids is 1. The summed E-state index contributed by atoms with van der Waals surface area (Å²) in [6.45, 7) is 0.599. The molecule has 1 aromatic heterocycles. The minimum absolute atomic E-state index is 0.0386. The summed E-state index contributed by atoms with van der Waals surface area (Å²) < 4.78 is 1.75. The van der Waals surface area contributed by atoms with Gasteiger partial charge in [-0.1, -0.05) is 0 Å². The molecule has 6 nitrogen and oxygen atoms in total. The Kier molecular flexibility index (Phi) is 6.27. The molecular formula is C11H17N3O3S. The van der Waals surface area contributed by atoms with Crippen LogP contribution in [0.5, 0.6) is 0 Å². The van der Waals surface area contributed by atoms with E-state index < -0.39 is 5.97 Å². The first-order valence-electron chi connectivity index (χ1n) is 5.61. The average Bonchev–Trinajstić information content (AvgIpc) is 2.70. The number of aromatic nitrogens is 2. The predicted molar refractivity (Wildman–Crippen MR) is 69.5 cm³/mol. The molecule has 1 amide bonds. The van der Waals surface area contributed by atoms with E-state index in [1.807, 2.05) is 19.4 Å². The van der Waals surface area contributed by atoms with Crippen molar-refractivity contribution >= 4 is 23.6 Å². The predicted octanol–water partition coefficient (Wildman–Crippen LogP) is 0.287. The van der Waals surface area contributed by atoms with E-state index in [0.717, 1.165) is 30.2 Å². The van der Waals surface area contributed by atoms with Gasteiger partial charge >= 0.3 is 5.97 Å². The molecule has 0 unspecified atom stereocenters. The molecule has 0 bridgehead atoms. The zero-order valence-corrected chi connectivity index (χ0v) is 11.1. The van der Waals surface area contributed by atoms with Gasteiger partial charge in [-0.25, -0.2) is 0 Å². The first kappa shape index (κ1) is 14.6. The van der Waals surface area contributed by atoms with Gasteiger partial charge in [0, 0.05) is 19.8 Å². The Morgan fingerprint density at radius 2 is 2.28 bits per heavy atom. The number of carboxylic acids is 1. The molecule has 0 atom stereocenters. The summed E-state index contributed by atoms with van der Waals surface area (Å²) in [7, 11) is 1.87. The van der Waals surface area contributed by atoms with Crippen molar-refractivity contribution in [3.8, 4) is 0 Å². The van der Waals surface area contributed by atoms with E-state index in [1.54, 1.807) is 4.68 Å². The van der Waals surface area contributed by atoms with E-state index >= 15 is 0 Å². The fraction of sp³-hybridized carbons (Fsp3) is 0.545. The van der Waals surface area contributed by atoms with Gasteiger partial charge in [0.2, 0.25) is 5.91 Å². The van der Waals surface area contributed by atoms with Gasteiger partial charge in [0.1, 0.15) is 0 Å². The Morgan fingerprint density at radius 3 is 2.89 bits per heavy atom. The summed E-state index contributed by atoms with van der Waals surface area (Å²) in [5, 5.41) is 15.2. The molecule has 0 saturated heterocycles. The molecule has 0 aliphatic heterocycles. The summed E-state index contributed by atoms with van der Waals surface area (Å²) >= 11 is 1.10. The Hall–Kier alpha value is -1.50. The minimum Gasteiger partial charge on any atom is -0.481 e. The van der Waals surface area contributed by atoms with Crippen molar-refractivity contribution in [2.45, 2.75) is 12.8 Å². The third-order valence-electron chi connectivity index (χ3n) is 2.18. The Balaban J connectivity index is 2.03. The Labute approximate surface area is 110 Å². The molecule has 0 aliphatic rings. The number of amides is 1. The van der Waals surface area contributed by atoms with Crippen LogP contribution in [0.1, 0.15) is 12.0 Å². The minimum atomic E-state index is -0.899. The largest absolute Gasteiger partial charge is 0.481 e. The lowest BCUT2D eigenvalue weighted by molar-refractivity contribution is -0.133. The lowest BCUT2D eigenvalue weighted by atomic mass is 10.2. The molecule has 0 saturated carbocycles. The molecule has 1 heterocycles. The fourth-order valence-corrected chi connectivity index (χ4v) is 1.97. The first-order chi connectivity index (χ1) is 8.58. The van der Waals surface area contributed by atoms with Gasteiger partial charge in [-0.3, -0.25) is 14.3 Å². The quantitative estimate of drug-likeness (QED) is 0.664. The van der Waals surface area contributed by atoms with E-state index in [2.05, 4.69) is 10.4 Å². The standard InChI is InChI=1S/C11H17N3O3S/c1-14-6-9(5-13-14)3-2-4-12-10(15)7-18-8-11(16)17/h5-6H,2-4,7-8H2,1H3,(H,12,15)(H,16,17). The summed E-state index contributed by atoms with van der Waals surface area (Å²) in [6.07, 6.45) is 5.48. The first-order valence-corrected chi connectivity index (χ1v) is 6.77. The van der Waals surface area contributed by atoms with Gasteiger partial charge in [-0.05, 0) is 18.4 Å². The number of carbonyl (C=O) groups excluding carboxylic acids is 1. The summed E-state index contributed by atoms with van der Waals surface area (Å²) in [4.78, 5) is 21.5. The lowest BCUT2D eigenvalue weighted by Gasteiger charge is -2.03. The molecule has 0 spiro atoms. The highest BCUT2D eigenvalue weighted by Gasteiger charge is 2.03. The van der Waals surface area contributed by atoms with Crippen molar-refractivity contribution in [1.29, 1.82) is 0 Å². The third-order valence-corrected chi connectivity index (χ3v) is 3.10. The molecule has 1 rings (SSSR count). The second-order valence-electron chi connectivity index (χ2n) is 3.86. The van der Waals surface area contributed by atoms with Crippen LogP contribution < -0.4 is 5.32 Å². The number of carboxylic acid groups (broad SMARTS) is 1. The van der Waals surface area contributed by atoms with Crippen LogP contribution in [0.4, 0.5) is 0 Å². The van der Waals surface area contributed by atoms with Crippen molar-refractivity contribution in [2.75, 3.05) is 18.1 Å². The SMILES string of the molecule is Cn1cc(CCCNC(=O)CSCC(=O)O)cn1. The number of aryl methyl sites for hydroxylation is 2. The number of hydrogen-bond acceptors (Lipinski definition) is 4. The third kappa shape index (κ3) is 6.29. The maximum Gasteiger partial charge on any atom is 0.313 e. The van der Waals surface area contributed by atoms with Crippen LogP contribution in [-0.4, -0.2) is 44.8 Å². The van der Waals surface area contributed by atoms with Crippen LogP contribution in [0.2, 0.25) is 0 Å². The van der Waals surface area contributed by atoms with Gasteiger partial charge in [-0.15, -0.1) is 11.8 Å². The molecule has 100 valence electrons. The number of carbonyl (C=O) groups is 2. The zero-order chi connectivity index (χ0) is 13.4. The van der Waals surface area contributed by atoms with E-state index in [4.69, 9.17) is 5.11 Å². The van der Waals surface area contributed by atoms with Crippen molar-refractivity contribution < 1.29 is 14.7 Å². The van der Waals surface area contributed by atoms with Crippen LogP contribution in [0, 0.1) is 0 Å². The number of nitrogens with one attached hydrogen (secondary N) is 1. The normalized spacial score (nSPS) is 10.3. The summed E-state index contributed by atoms with van der Waals surface area (Å²) in [6, 6.07) is 0. The number of hydrogen-bond donors (Lipinski definition) is 2. The van der Waals surface area contributed by atoms with E-state index in [1.165, 1.54) is 0 Å². The molecule has 18 heavy (non-hydrogen) atoms. The van der Waals surface area contributed by atoms with Crippen LogP contribution in [0.15, 0.2) is 12.4 Å². The van der Waals surface area contributed by atoms with Crippen LogP contribution in [-0.2, 0) is 23.1 Å². The zero-order valence-electron chi connectivity index (χ0n) is 10.3. The molecule has 1 aromatic rings. The fourth-order valence-electron chi connectivity index (χ4n) is 1.40. The monoisotopic (exact) mass is 271 g/mol. The summed E-state index contributed by atoms with van der Waals surface area (Å²) in [5.41, 5.74) is 1.15. The highest BCUT2D eigenvalue weighted by Crippen LogP contribution is 2.01. The van der Waals surface area contributed by atoms with Gasteiger partial charge in [0.15, 0.2) is 0 Å². The number of rotatable bonds is 8. The maximum absolute atomic E-state index is 11.3. The second-order valence-corrected chi connectivity index (χ2v) is 4.85. The van der Waals surface area contributed by atoms with Gasteiger partial charge in [0.05, 0.1) is 17.7 Å². The summed E-state index contributed by atoms with van der Waals surface area (Å²) in [5.74, 6) is -0.862. The average molecular weight is 271 g/mol. The van der Waals surface area contributed by atoms with Crippen LogP contribution in [0.25, 0.3) is 0 Å². The molecular weight excluding hydrogens is 254 g/mol. The van der Waals surface area contributed by atoms with Crippen molar-refractivity contribution in [3.63, 3.8) is 0 Å². The molecule has 2 N–H and O–H groups in total. The highest BCUT2D eigenvalue weighted by molar-refractivity contribution is 8.00. The molecule has 0 aromatic carbocycles. The number of thioether (sulfide) groups is 1. The van der Waals surface area contributed by atoms with E-state index in [9.17, 15) is 9.59 Å². The highest BCUT2D eigenvalue weighted by atomic mass is 32.2. The molecule has 0 aliphatic carbocycles. The lowest BCUT2D eigenvalue weighted by Crippen LogP contribution is -2.26. The Morgan fingerprint density at radius 1 is 1.50 bits per heavy atom. The van der Waals surface area contributed by atoms with Gasteiger partial charge in [-0.2, -0.15) is 5.10 Å².